The van der Waals surface area contributed by atoms with E-state index in [0.717, 1.165) is 25.0 Å². The molecular formula is C15H20N4O2. The van der Waals surface area contributed by atoms with E-state index < -0.39 is 0 Å². The number of aryl methyl sites for hydroxylation is 2. The van der Waals surface area contributed by atoms with E-state index >= 15 is 0 Å². The third-order valence-electron chi connectivity index (χ3n) is 3.19. The van der Waals surface area contributed by atoms with Crippen LogP contribution in [-0.2, 0) is 12.8 Å². The Morgan fingerprint density at radius 1 is 1.24 bits per heavy atom. The molecule has 2 aromatic rings. The van der Waals surface area contributed by atoms with Crippen LogP contribution in [0.1, 0.15) is 38.2 Å². The van der Waals surface area contributed by atoms with E-state index in [-0.39, 0.29) is 5.56 Å². The summed E-state index contributed by atoms with van der Waals surface area (Å²) in [5.41, 5.74) is 0.696. The van der Waals surface area contributed by atoms with Crippen molar-refractivity contribution in [3.05, 3.63) is 40.3 Å². The minimum absolute atomic E-state index is 0.141. The summed E-state index contributed by atoms with van der Waals surface area (Å²) in [7, 11) is 1.55. The molecule has 0 unspecified atom stereocenters. The highest BCUT2D eigenvalue weighted by Crippen LogP contribution is 2.09. The summed E-state index contributed by atoms with van der Waals surface area (Å²) in [6, 6.07) is 1.57. The third-order valence-corrected chi connectivity index (χ3v) is 3.19. The zero-order valence-electron chi connectivity index (χ0n) is 12.7. The molecule has 0 aromatic carbocycles. The second-order valence-electron chi connectivity index (χ2n) is 4.72. The van der Waals surface area contributed by atoms with E-state index in [9.17, 15) is 4.79 Å². The van der Waals surface area contributed by atoms with Gasteiger partial charge in [-0.1, -0.05) is 20.3 Å². The predicted molar refractivity (Wildman–Crippen MR) is 80.0 cm³/mol. The molecule has 112 valence electrons. The number of methoxy groups -OCH3 is 1. The largest absolute Gasteiger partial charge is 0.494 e. The molecule has 0 aliphatic rings. The first kappa shape index (κ1) is 15.2. The van der Waals surface area contributed by atoms with Crippen LogP contribution in [0.4, 0.5) is 0 Å². The standard InChI is InChI=1S/C15H20N4O2/c1-4-6-7-11-8-14(20)19(13(5-2)18-11)15-16-9-12(21-3)10-17-15/h8-10H,4-7H2,1-3H3. The number of nitrogens with zero attached hydrogens (tertiary/aromatic N) is 4. The summed E-state index contributed by atoms with van der Waals surface area (Å²) in [6.07, 6.45) is 6.65. The summed E-state index contributed by atoms with van der Waals surface area (Å²) in [5.74, 6) is 1.56. The van der Waals surface area contributed by atoms with E-state index in [1.165, 1.54) is 4.57 Å². The van der Waals surface area contributed by atoms with Gasteiger partial charge in [-0.3, -0.25) is 4.79 Å². The summed E-state index contributed by atoms with van der Waals surface area (Å²) < 4.78 is 6.48. The van der Waals surface area contributed by atoms with Crippen molar-refractivity contribution in [1.82, 2.24) is 19.5 Å². The Morgan fingerprint density at radius 2 is 1.95 bits per heavy atom. The molecule has 6 heteroatoms. The second kappa shape index (κ2) is 6.97. The Kier molecular flexibility index (Phi) is 5.03. The number of aromatic nitrogens is 4. The fourth-order valence-corrected chi connectivity index (χ4v) is 2.05. The van der Waals surface area contributed by atoms with Crippen LogP contribution in [0.3, 0.4) is 0 Å². The maximum absolute atomic E-state index is 12.3. The summed E-state index contributed by atoms with van der Waals surface area (Å²) in [4.78, 5) is 25.2. The van der Waals surface area contributed by atoms with Gasteiger partial charge in [0.2, 0.25) is 5.95 Å². The van der Waals surface area contributed by atoms with Crippen LogP contribution in [0.2, 0.25) is 0 Å². The molecule has 0 aliphatic heterocycles. The van der Waals surface area contributed by atoms with Gasteiger partial charge in [-0.05, 0) is 12.8 Å². The Hall–Kier alpha value is -2.24. The number of hydrogen-bond donors (Lipinski definition) is 0. The lowest BCUT2D eigenvalue weighted by Gasteiger charge is -2.11. The Bertz CT molecular complexity index is 650. The van der Waals surface area contributed by atoms with Gasteiger partial charge in [0.15, 0.2) is 5.75 Å². The lowest BCUT2D eigenvalue weighted by molar-refractivity contribution is 0.410. The first-order chi connectivity index (χ1) is 10.2. The predicted octanol–water partition coefficient (Wildman–Crippen LogP) is 1.94. The fourth-order valence-electron chi connectivity index (χ4n) is 2.05. The van der Waals surface area contributed by atoms with Gasteiger partial charge in [-0.25, -0.2) is 19.5 Å². The van der Waals surface area contributed by atoms with Crippen molar-refractivity contribution in [2.24, 2.45) is 0 Å². The molecule has 0 radical (unpaired) electrons. The molecule has 0 saturated heterocycles. The van der Waals surface area contributed by atoms with Crippen LogP contribution in [0.15, 0.2) is 23.3 Å². The summed E-state index contributed by atoms with van der Waals surface area (Å²) >= 11 is 0. The normalized spacial score (nSPS) is 10.6. The zero-order chi connectivity index (χ0) is 15.2. The lowest BCUT2D eigenvalue weighted by atomic mass is 10.2. The maximum Gasteiger partial charge on any atom is 0.260 e. The van der Waals surface area contributed by atoms with Crippen LogP contribution in [0.25, 0.3) is 5.95 Å². The molecule has 6 nitrogen and oxygen atoms in total. The van der Waals surface area contributed by atoms with Crippen LogP contribution in [0.5, 0.6) is 5.75 Å². The topological polar surface area (TPSA) is 69.9 Å². The Morgan fingerprint density at radius 3 is 2.52 bits per heavy atom. The highest BCUT2D eigenvalue weighted by Gasteiger charge is 2.11. The van der Waals surface area contributed by atoms with E-state index in [2.05, 4.69) is 21.9 Å². The van der Waals surface area contributed by atoms with Crippen LogP contribution >= 0.6 is 0 Å². The molecule has 0 spiro atoms. The monoisotopic (exact) mass is 288 g/mol. The molecule has 0 fully saturated rings. The average Bonchev–Trinajstić information content (AvgIpc) is 2.52. The van der Waals surface area contributed by atoms with Gasteiger partial charge in [0.05, 0.1) is 19.5 Å². The van der Waals surface area contributed by atoms with Gasteiger partial charge < -0.3 is 4.74 Å². The minimum atomic E-state index is -0.141. The lowest BCUT2D eigenvalue weighted by Crippen LogP contribution is -2.25. The van der Waals surface area contributed by atoms with E-state index in [1.54, 1.807) is 25.6 Å². The second-order valence-corrected chi connectivity index (χ2v) is 4.72. The van der Waals surface area contributed by atoms with Crippen molar-refractivity contribution in [3.8, 4) is 11.7 Å². The molecule has 2 heterocycles. The minimum Gasteiger partial charge on any atom is -0.494 e. The van der Waals surface area contributed by atoms with Crippen molar-refractivity contribution >= 4 is 0 Å². The number of rotatable bonds is 6. The maximum atomic E-state index is 12.3. The molecule has 21 heavy (non-hydrogen) atoms. The van der Waals surface area contributed by atoms with Gasteiger partial charge in [0.1, 0.15) is 5.82 Å². The highest BCUT2D eigenvalue weighted by molar-refractivity contribution is 5.22. The van der Waals surface area contributed by atoms with Crippen LogP contribution in [-0.4, -0.2) is 26.6 Å². The quantitative estimate of drug-likeness (QED) is 0.812. The molecule has 0 bridgehead atoms. The molecule has 0 N–H and O–H groups in total. The van der Waals surface area contributed by atoms with Crippen molar-refractivity contribution < 1.29 is 4.74 Å². The van der Waals surface area contributed by atoms with Gasteiger partial charge in [0.25, 0.3) is 5.56 Å². The number of ether oxygens (including phenoxy) is 1. The Balaban J connectivity index is 2.44. The van der Waals surface area contributed by atoms with Crippen molar-refractivity contribution in [2.75, 3.05) is 7.11 Å². The molecule has 0 atom stereocenters. The number of unbranched alkanes of at least 4 members (excludes halogenated alkanes) is 1. The first-order valence-corrected chi connectivity index (χ1v) is 7.17. The van der Waals surface area contributed by atoms with Gasteiger partial charge in [0, 0.05) is 18.2 Å². The fraction of sp³-hybridized carbons (Fsp3) is 0.467. The van der Waals surface area contributed by atoms with E-state index in [0.29, 0.717) is 23.9 Å². The molecule has 0 amide bonds. The van der Waals surface area contributed by atoms with Gasteiger partial charge >= 0.3 is 0 Å². The van der Waals surface area contributed by atoms with Crippen LogP contribution in [0, 0.1) is 0 Å². The van der Waals surface area contributed by atoms with Gasteiger partial charge in [-0.2, -0.15) is 0 Å². The first-order valence-electron chi connectivity index (χ1n) is 7.17. The SMILES string of the molecule is CCCCc1cc(=O)n(-c2ncc(OC)cn2)c(CC)n1. The Labute approximate surface area is 123 Å². The summed E-state index contributed by atoms with van der Waals surface area (Å²) in [5, 5.41) is 0. The molecule has 0 aliphatic carbocycles. The number of hydrogen-bond acceptors (Lipinski definition) is 5. The molecule has 0 saturated carbocycles. The van der Waals surface area contributed by atoms with E-state index in [1.807, 2.05) is 6.92 Å². The smallest absolute Gasteiger partial charge is 0.260 e. The third kappa shape index (κ3) is 3.45. The van der Waals surface area contributed by atoms with Crippen molar-refractivity contribution in [3.63, 3.8) is 0 Å². The summed E-state index contributed by atoms with van der Waals surface area (Å²) in [6.45, 7) is 4.08. The van der Waals surface area contributed by atoms with Gasteiger partial charge in [-0.15, -0.1) is 0 Å². The average molecular weight is 288 g/mol. The molecule has 2 aromatic heterocycles. The molecule has 2 rings (SSSR count). The van der Waals surface area contributed by atoms with Crippen LogP contribution < -0.4 is 10.3 Å². The van der Waals surface area contributed by atoms with Crippen molar-refractivity contribution in [1.29, 1.82) is 0 Å². The highest BCUT2D eigenvalue weighted by atomic mass is 16.5. The molecular weight excluding hydrogens is 268 g/mol. The van der Waals surface area contributed by atoms with E-state index in [4.69, 9.17) is 4.74 Å². The van der Waals surface area contributed by atoms with Crippen molar-refractivity contribution in [2.45, 2.75) is 39.5 Å². The zero-order valence-corrected chi connectivity index (χ0v) is 12.7.